The van der Waals surface area contributed by atoms with Crippen LogP contribution in [0.15, 0.2) is 60.0 Å². The topological polar surface area (TPSA) is 72.2 Å². The molecule has 0 aliphatic rings. The van der Waals surface area contributed by atoms with Gasteiger partial charge in [0.2, 0.25) is 0 Å². The smallest absolute Gasteiger partial charge is 0.260 e. The Hall–Kier alpha value is -3.25. The maximum absolute atomic E-state index is 12.2. The van der Waals surface area contributed by atoms with E-state index < -0.39 is 0 Å². The number of hydrogen-bond donors (Lipinski definition) is 1. The number of hydrazone groups is 1. The molecule has 0 unspecified atom stereocenters. The minimum absolute atomic E-state index is 0.126. The molecule has 0 aliphatic carbocycles. The molecule has 7 heteroatoms. The fraction of sp³-hybridized carbons (Fsp3) is 0.100. The normalized spacial score (nSPS) is 11.5. The minimum atomic E-state index is -0.255. The lowest BCUT2D eigenvalue weighted by Crippen LogP contribution is -2.22. The van der Waals surface area contributed by atoms with E-state index >= 15 is 0 Å². The van der Waals surface area contributed by atoms with E-state index in [1.807, 2.05) is 55.5 Å². The van der Waals surface area contributed by atoms with Crippen LogP contribution in [0.1, 0.15) is 11.1 Å². The van der Waals surface area contributed by atoms with E-state index in [1.165, 1.54) is 6.21 Å². The van der Waals surface area contributed by atoms with Gasteiger partial charge in [-0.25, -0.2) is 15.4 Å². The van der Waals surface area contributed by atoms with Crippen LogP contribution in [-0.4, -0.2) is 26.7 Å². The molecule has 4 rings (SSSR count). The number of aryl methyl sites for hydroxylation is 1. The number of nitrogens with zero attached hydrogens (tertiary/aromatic N) is 4. The molecule has 27 heavy (non-hydrogen) atoms. The molecule has 0 bridgehead atoms. The summed E-state index contributed by atoms with van der Waals surface area (Å²) in [4.78, 5) is 20.8. The van der Waals surface area contributed by atoms with Crippen molar-refractivity contribution in [2.75, 3.05) is 0 Å². The third kappa shape index (κ3) is 3.52. The van der Waals surface area contributed by atoms with Gasteiger partial charge in [0, 0.05) is 10.9 Å². The molecular formula is C20H16ClN5O. The van der Waals surface area contributed by atoms with Crippen molar-refractivity contribution in [2.45, 2.75) is 13.5 Å². The monoisotopic (exact) mass is 377 g/mol. The summed E-state index contributed by atoms with van der Waals surface area (Å²) in [5, 5.41) is 5.32. The van der Waals surface area contributed by atoms with E-state index in [0.717, 1.165) is 27.5 Å². The van der Waals surface area contributed by atoms with E-state index in [-0.39, 0.29) is 12.5 Å². The van der Waals surface area contributed by atoms with E-state index in [4.69, 9.17) is 11.6 Å². The van der Waals surface area contributed by atoms with Crippen LogP contribution in [0.3, 0.4) is 0 Å². The van der Waals surface area contributed by atoms with Gasteiger partial charge in [0.15, 0.2) is 0 Å². The van der Waals surface area contributed by atoms with Gasteiger partial charge in [-0.05, 0) is 30.7 Å². The maximum atomic E-state index is 12.2. The molecule has 0 saturated heterocycles. The first kappa shape index (κ1) is 17.2. The SMILES string of the molecule is Cc1cccc2cc(/C=N\NC(=O)Cn3cnc4ccccc43)c(Cl)nc12. The molecule has 4 aromatic rings. The zero-order valence-electron chi connectivity index (χ0n) is 14.6. The van der Waals surface area contributed by atoms with Crippen molar-refractivity contribution in [3.05, 3.63) is 71.1 Å². The highest BCUT2D eigenvalue weighted by Crippen LogP contribution is 2.21. The molecule has 0 saturated carbocycles. The number of nitrogens with one attached hydrogen (secondary N) is 1. The summed E-state index contributed by atoms with van der Waals surface area (Å²) in [6, 6.07) is 15.5. The van der Waals surface area contributed by atoms with Crippen molar-refractivity contribution in [1.82, 2.24) is 20.0 Å². The number of para-hydroxylation sites is 3. The Labute approximate surface area is 160 Å². The van der Waals surface area contributed by atoms with Gasteiger partial charge in [0.25, 0.3) is 5.91 Å². The summed E-state index contributed by atoms with van der Waals surface area (Å²) in [5.74, 6) is -0.255. The molecular weight excluding hydrogens is 362 g/mol. The summed E-state index contributed by atoms with van der Waals surface area (Å²) in [6.07, 6.45) is 3.14. The van der Waals surface area contributed by atoms with E-state index in [9.17, 15) is 4.79 Å². The number of pyridine rings is 1. The number of benzene rings is 2. The van der Waals surface area contributed by atoms with Crippen molar-refractivity contribution >= 4 is 45.7 Å². The van der Waals surface area contributed by atoms with Crippen LogP contribution in [-0.2, 0) is 11.3 Å². The number of aromatic nitrogens is 3. The van der Waals surface area contributed by atoms with Crippen LogP contribution in [0.5, 0.6) is 0 Å². The fourth-order valence-corrected chi connectivity index (χ4v) is 3.12. The number of fused-ring (bicyclic) bond motifs is 2. The van der Waals surface area contributed by atoms with Gasteiger partial charge >= 0.3 is 0 Å². The molecule has 1 amide bonds. The highest BCUT2D eigenvalue weighted by Gasteiger charge is 2.07. The predicted octanol–water partition coefficient (Wildman–Crippen LogP) is 3.70. The average Bonchev–Trinajstić information content (AvgIpc) is 3.06. The second-order valence-corrected chi connectivity index (χ2v) is 6.53. The second kappa shape index (κ2) is 7.17. The van der Waals surface area contributed by atoms with Crippen molar-refractivity contribution in [3.63, 3.8) is 0 Å². The minimum Gasteiger partial charge on any atom is -0.321 e. The number of hydrogen-bond acceptors (Lipinski definition) is 4. The van der Waals surface area contributed by atoms with Gasteiger partial charge in [-0.15, -0.1) is 0 Å². The summed E-state index contributed by atoms with van der Waals surface area (Å²) in [7, 11) is 0. The molecule has 0 atom stereocenters. The Balaban J connectivity index is 1.48. The van der Waals surface area contributed by atoms with Gasteiger partial charge in [-0.2, -0.15) is 5.10 Å². The molecule has 0 aliphatic heterocycles. The lowest BCUT2D eigenvalue weighted by Gasteiger charge is -2.05. The number of carbonyl (C=O) groups excluding carboxylic acids is 1. The Bertz CT molecular complexity index is 1180. The molecule has 2 aromatic heterocycles. The van der Waals surface area contributed by atoms with Crippen LogP contribution in [0.2, 0.25) is 5.15 Å². The summed E-state index contributed by atoms with van der Waals surface area (Å²) >= 11 is 6.24. The zero-order valence-corrected chi connectivity index (χ0v) is 15.3. The van der Waals surface area contributed by atoms with Crippen molar-refractivity contribution in [3.8, 4) is 0 Å². The lowest BCUT2D eigenvalue weighted by atomic mass is 10.1. The first-order valence-corrected chi connectivity index (χ1v) is 8.77. The molecule has 134 valence electrons. The quantitative estimate of drug-likeness (QED) is 0.335. The average molecular weight is 378 g/mol. The highest BCUT2D eigenvalue weighted by molar-refractivity contribution is 6.32. The lowest BCUT2D eigenvalue weighted by molar-refractivity contribution is -0.121. The van der Waals surface area contributed by atoms with Gasteiger partial charge in [-0.3, -0.25) is 4.79 Å². The number of amides is 1. The Kier molecular flexibility index (Phi) is 4.56. The molecule has 1 N–H and O–H groups in total. The largest absolute Gasteiger partial charge is 0.321 e. The fourth-order valence-electron chi connectivity index (χ4n) is 2.93. The van der Waals surface area contributed by atoms with Gasteiger partial charge in [0.05, 0.1) is 29.1 Å². The first-order valence-electron chi connectivity index (χ1n) is 8.39. The summed E-state index contributed by atoms with van der Waals surface area (Å²) < 4.78 is 1.77. The summed E-state index contributed by atoms with van der Waals surface area (Å²) in [6.45, 7) is 2.11. The Morgan fingerprint density at radius 3 is 3.00 bits per heavy atom. The third-order valence-electron chi connectivity index (χ3n) is 4.26. The first-order chi connectivity index (χ1) is 13.1. The van der Waals surface area contributed by atoms with Crippen LogP contribution < -0.4 is 5.43 Å². The molecule has 0 radical (unpaired) electrons. The van der Waals surface area contributed by atoms with Crippen molar-refractivity contribution < 1.29 is 4.79 Å². The molecule has 2 heterocycles. The maximum Gasteiger partial charge on any atom is 0.260 e. The van der Waals surface area contributed by atoms with Crippen LogP contribution in [0.4, 0.5) is 0 Å². The van der Waals surface area contributed by atoms with Gasteiger partial charge in [0.1, 0.15) is 11.7 Å². The molecule has 0 spiro atoms. The highest BCUT2D eigenvalue weighted by atomic mass is 35.5. The molecule has 6 nitrogen and oxygen atoms in total. The molecule has 0 fully saturated rings. The van der Waals surface area contributed by atoms with Crippen molar-refractivity contribution in [1.29, 1.82) is 0 Å². The third-order valence-corrected chi connectivity index (χ3v) is 4.57. The second-order valence-electron chi connectivity index (χ2n) is 6.17. The number of rotatable bonds is 4. The number of imidazole rings is 1. The number of carbonyl (C=O) groups is 1. The van der Waals surface area contributed by atoms with Crippen LogP contribution in [0, 0.1) is 6.92 Å². The van der Waals surface area contributed by atoms with Crippen LogP contribution in [0.25, 0.3) is 21.9 Å². The summed E-state index contributed by atoms with van der Waals surface area (Å²) in [5.41, 5.74) is 6.81. The Morgan fingerprint density at radius 1 is 1.26 bits per heavy atom. The van der Waals surface area contributed by atoms with Crippen molar-refractivity contribution in [2.24, 2.45) is 5.10 Å². The standard InChI is InChI=1S/C20H16ClN5O/c1-13-5-4-6-14-9-15(20(21)24-19(13)14)10-23-25-18(27)11-26-12-22-16-7-2-3-8-17(16)26/h2-10,12H,11H2,1H3,(H,25,27)/b23-10-. The molecule has 2 aromatic carbocycles. The van der Waals surface area contributed by atoms with E-state index in [0.29, 0.717) is 10.7 Å². The van der Waals surface area contributed by atoms with Gasteiger partial charge in [-0.1, -0.05) is 41.9 Å². The van der Waals surface area contributed by atoms with E-state index in [1.54, 1.807) is 10.9 Å². The predicted molar refractivity (Wildman–Crippen MR) is 107 cm³/mol. The van der Waals surface area contributed by atoms with E-state index in [2.05, 4.69) is 20.5 Å². The Morgan fingerprint density at radius 2 is 2.11 bits per heavy atom. The van der Waals surface area contributed by atoms with Crippen LogP contribution >= 0.6 is 11.6 Å². The van der Waals surface area contributed by atoms with Gasteiger partial charge < -0.3 is 4.57 Å². The zero-order chi connectivity index (χ0) is 18.8. The number of halogens is 1.